The largest absolute Gasteiger partial charge is 0.495 e. The minimum atomic E-state index is -0.292. The number of methoxy groups -OCH3 is 1. The van der Waals surface area contributed by atoms with Gasteiger partial charge in [0.25, 0.3) is 0 Å². The summed E-state index contributed by atoms with van der Waals surface area (Å²) in [6.07, 6.45) is 0. The molecule has 106 valence electrons. The van der Waals surface area contributed by atoms with Gasteiger partial charge in [0.05, 0.1) is 16.4 Å². The zero-order valence-corrected chi connectivity index (χ0v) is 15.8. The fourth-order valence-electron chi connectivity index (χ4n) is 1.86. The molecule has 20 heavy (non-hydrogen) atoms. The van der Waals surface area contributed by atoms with E-state index in [1.165, 1.54) is 12.1 Å². The highest BCUT2D eigenvalue weighted by atomic mass is 79.9. The topological polar surface area (TPSA) is 9.23 Å². The summed E-state index contributed by atoms with van der Waals surface area (Å²) in [7, 11) is 1.59. The second-order valence-electron chi connectivity index (χ2n) is 4.04. The van der Waals surface area contributed by atoms with Gasteiger partial charge >= 0.3 is 0 Å². The standard InChI is InChI=1S/C14H9Br3ClFO/c1-20-14-10(4-7(18)5-12(14)16)13(17)9-3-2-8(19)6-11(9)15/h2-6,13H,1H3. The summed E-state index contributed by atoms with van der Waals surface area (Å²) in [5.74, 6) is 0.395. The highest BCUT2D eigenvalue weighted by Crippen LogP contribution is 2.43. The van der Waals surface area contributed by atoms with Crippen LogP contribution < -0.4 is 4.74 Å². The van der Waals surface area contributed by atoms with Crippen molar-refractivity contribution >= 4 is 59.4 Å². The summed E-state index contributed by atoms with van der Waals surface area (Å²) in [5.41, 5.74) is 1.75. The third-order valence-corrected chi connectivity index (χ3v) is 5.23. The molecule has 1 atom stereocenters. The number of halogens is 5. The Balaban J connectivity index is 2.55. The predicted molar refractivity (Wildman–Crippen MR) is 90.6 cm³/mol. The molecule has 0 saturated heterocycles. The van der Waals surface area contributed by atoms with Crippen molar-refractivity contribution in [3.63, 3.8) is 0 Å². The number of hydrogen-bond donors (Lipinski definition) is 0. The van der Waals surface area contributed by atoms with Crippen LogP contribution in [0.4, 0.5) is 4.39 Å². The third kappa shape index (κ3) is 3.38. The fourth-order valence-corrected chi connectivity index (χ4v) is 4.48. The molecule has 0 N–H and O–H groups in total. The van der Waals surface area contributed by atoms with Crippen molar-refractivity contribution in [2.24, 2.45) is 0 Å². The lowest BCUT2D eigenvalue weighted by atomic mass is 10.0. The first-order chi connectivity index (χ1) is 9.43. The molecule has 1 unspecified atom stereocenters. The van der Waals surface area contributed by atoms with Crippen LogP contribution >= 0.6 is 59.4 Å². The van der Waals surface area contributed by atoms with Gasteiger partial charge < -0.3 is 4.74 Å². The van der Waals surface area contributed by atoms with Crippen LogP contribution in [0.15, 0.2) is 39.3 Å². The van der Waals surface area contributed by atoms with Gasteiger partial charge in [0.2, 0.25) is 0 Å². The number of benzene rings is 2. The van der Waals surface area contributed by atoms with Gasteiger partial charge in [-0.05, 0) is 45.8 Å². The SMILES string of the molecule is COc1c(Br)cc(Cl)cc1C(Br)c1ccc(F)cc1Br. The van der Waals surface area contributed by atoms with Crippen molar-refractivity contribution in [1.29, 1.82) is 0 Å². The quantitative estimate of drug-likeness (QED) is 0.450. The van der Waals surface area contributed by atoms with Crippen LogP contribution in [0, 0.1) is 5.82 Å². The van der Waals surface area contributed by atoms with Crippen LogP contribution in [0.1, 0.15) is 16.0 Å². The summed E-state index contributed by atoms with van der Waals surface area (Å²) < 4.78 is 20.0. The normalized spacial score (nSPS) is 12.3. The van der Waals surface area contributed by atoms with Crippen molar-refractivity contribution in [3.05, 3.63) is 61.2 Å². The van der Waals surface area contributed by atoms with E-state index >= 15 is 0 Å². The second kappa shape index (κ2) is 6.77. The molecule has 0 fully saturated rings. The number of ether oxygens (including phenoxy) is 1. The first-order valence-electron chi connectivity index (χ1n) is 5.56. The first-order valence-corrected chi connectivity index (χ1v) is 8.44. The van der Waals surface area contributed by atoms with E-state index in [2.05, 4.69) is 47.8 Å². The van der Waals surface area contributed by atoms with Crippen molar-refractivity contribution in [2.75, 3.05) is 7.11 Å². The molecule has 0 aliphatic rings. The van der Waals surface area contributed by atoms with E-state index in [4.69, 9.17) is 16.3 Å². The average Bonchev–Trinajstić information content (AvgIpc) is 2.37. The number of alkyl halides is 1. The Morgan fingerprint density at radius 2 is 1.80 bits per heavy atom. The maximum atomic E-state index is 13.2. The zero-order valence-electron chi connectivity index (χ0n) is 10.3. The molecule has 2 aromatic carbocycles. The van der Waals surface area contributed by atoms with Crippen LogP contribution in [-0.2, 0) is 0 Å². The molecule has 0 bridgehead atoms. The lowest BCUT2D eigenvalue weighted by Crippen LogP contribution is -1.99. The van der Waals surface area contributed by atoms with Crippen LogP contribution in [0.5, 0.6) is 5.75 Å². The second-order valence-corrected chi connectivity index (χ2v) is 7.10. The van der Waals surface area contributed by atoms with Gasteiger partial charge in [-0.15, -0.1) is 0 Å². The van der Waals surface area contributed by atoms with Crippen LogP contribution in [-0.4, -0.2) is 7.11 Å². The van der Waals surface area contributed by atoms with Crippen LogP contribution in [0.3, 0.4) is 0 Å². The molecule has 0 aliphatic heterocycles. The summed E-state index contributed by atoms with van der Waals surface area (Å²) in [6, 6.07) is 8.15. The third-order valence-electron chi connectivity index (χ3n) is 2.75. The average molecular weight is 487 g/mol. The molecule has 0 saturated carbocycles. The molecule has 2 rings (SSSR count). The highest BCUT2D eigenvalue weighted by Gasteiger charge is 2.20. The molecule has 0 radical (unpaired) electrons. The van der Waals surface area contributed by atoms with Gasteiger partial charge in [0.15, 0.2) is 0 Å². The van der Waals surface area contributed by atoms with Gasteiger partial charge in [-0.1, -0.05) is 49.5 Å². The van der Waals surface area contributed by atoms with Gasteiger partial charge in [0.1, 0.15) is 11.6 Å². The lowest BCUT2D eigenvalue weighted by molar-refractivity contribution is 0.408. The van der Waals surface area contributed by atoms with E-state index in [0.717, 1.165) is 15.6 Å². The highest BCUT2D eigenvalue weighted by molar-refractivity contribution is 9.11. The summed E-state index contributed by atoms with van der Waals surface area (Å²) in [4.78, 5) is -0.178. The molecule has 0 heterocycles. The first kappa shape index (κ1) is 16.3. The number of hydrogen-bond acceptors (Lipinski definition) is 1. The van der Waals surface area contributed by atoms with Crippen molar-refractivity contribution in [1.82, 2.24) is 0 Å². The van der Waals surface area contributed by atoms with Crippen molar-refractivity contribution < 1.29 is 9.13 Å². The molecular weight excluding hydrogens is 478 g/mol. The summed E-state index contributed by atoms with van der Waals surface area (Å²) in [6.45, 7) is 0. The Bertz CT molecular complexity index is 649. The minimum Gasteiger partial charge on any atom is -0.495 e. The van der Waals surface area contributed by atoms with E-state index < -0.39 is 0 Å². The zero-order chi connectivity index (χ0) is 14.9. The monoisotopic (exact) mass is 484 g/mol. The molecule has 1 nitrogen and oxygen atoms in total. The fraction of sp³-hybridized carbons (Fsp3) is 0.143. The van der Waals surface area contributed by atoms with Crippen LogP contribution in [0.25, 0.3) is 0 Å². The van der Waals surface area contributed by atoms with E-state index in [0.29, 0.717) is 15.2 Å². The van der Waals surface area contributed by atoms with Gasteiger partial charge in [-0.25, -0.2) is 4.39 Å². The predicted octanol–water partition coefficient (Wildman–Crippen LogP) is 6.50. The molecule has 2 aromatic rings. The number of rotatable bonds is 3. The maximum Gasteiger partial charge on any atom is 0.137 e. The smallest absolute Gasteiger partial charge is 0.137 e. The van der Waals surface area contributed by atoms with E-state index in [1.54, 1.807) is 19.2 Å². The molecular formula is C14H9Br3ClFO. The Labute approximate surface area is 146 Å². The summed E-state index contributed by atoms with van der Waals surface area (Å²) >= 11 is 16.5. The van der Waals surface area contributed by atoms with Crippen molar-refractivity contribution in [2.45, 2.75) is 4.83 Å². The lowest BCUT2D eigenvalue weighted by Gasteiger charge is -2.17. The Kier molecular flexibility index (Phi) is 5.51. The Morgan fingerprint density at radius 1 is 1.10 bits per heavy atom. The molecule has 0 aromatic heterocycles. The van der Waals surface area contributed by atoms with Gasteiger partial charge in [-0.3, -0.25) is 0 Å². The molecule has 6 heteroatoms. The molecule has 0 spiro atoms. The molecule has 0 amide bonds. The van der Waals surface area contributed by atoms with Crippen molar-refractivity contribution in [3.8, 4) is 5.75 Å². The van der Waals surface area contributed by atoms with Crippen LogP contribution in [0.2, 0.25) is 5.02 Å². The van der Waals surface area contributed by atoms with E-state index in [1.807, 2.05) is 6.07 Å². The Hall–Kier alpha value is -0.100. The van der Waals surface area contributed by atoms with E-state index in [9.17, 15) is 4.39 Å². The van der Waals surface area contributed by atoms with Gasteiger partial charge in [0, 0.05) is 15.1 Å². The summed E-state index contributed by atoms with van der Waals surface area (Å²) in [5, 5.41) is 0.593. The maximum absolute atomic E-state index is 13.2. The van der Waals surface area contributed by atoms with E-state index in [-0.39, 0.29) is 10.6 Å². The minimum absolute atomic E-state index is 0.178. The van der Waals surface area contributed by atoms with Gasteiger partial charge in [-0.2, -0.15) is 0 Å². The molecule has 0 aliphatic carbocycles. The Morgan fingerprint density at radius 3 is 2.40 bits per heavy atom.